The Bertz CT molecular complexity index is 232. The fourth-order valence-electron chi connectivity index (χ4n) is 0.642. The van der Waals surface area contributed by atoms with E-state index in [1.807, 2.05) is 0 Å². The van der Waals surface area contributed by atoms with E-state index < -0.39 is 12.0 Å². The third-order valence-electron chi connectivity index (χ3n) is 1.25. The van der Waals surface area contributed by atoms with Gasteiger partial charge in [-0.2, -0.15) is 5.10 Å². The normalized spacial score (nSPS) is 12.5. The van der Waals surface area contributed by atoms with Gasteiger partial charge in [-0.1, -0.05) is 0 Å². The molecule has 1 heterocycles. The Balaban J connectivity index is 2.50. The van der Waals surface area contributed by atoms with Crippen LogP contribution >= 0.6 is 0 Å². The largest absolute Gasteiger partial charge is 0.480 e. The summed E-state index contributed by atoms with van der Waals surface area (Å²) in [4.78, 5) is 10.3. The molecule has 0 aliphatic carbocycles. The van der Waals surface area contributed by atoms with Crippen LogP contribution in [0.1, 0.15) is 6.92 Å². The summed E-state index contributed by atoms with van der Waals surface area (Å²) in [5, 5.41) is 17.4. The summed E-state index contributed by atoms with van der Waals surface area (Å²) in [6, 6.07) is -0.590. The van der Waals surface area contributed by atoms with Crippen molar-refractivity contribution in [2.45, 2.75) is 13.0 Å². The minimum absolute atomic E-state index is 0.590. The van der Waals surface area contributed by atoms with E-state index in [2.05, 4.69) is 15.5 Å². The third-order valence-corrected chi connectivity index (χ3v) is 1.25. The fourth-order valence-corrected chi connectivity index (χ4v) is 0.642. The van der Waals surface area contributed by atoms with Crippen molar-refractivity contribution in [1.82, 2.24) is 10.2 Å². The van der Waals surface area contributed by atoms with Crippen LogP contribution in [-0.4, -0.2) is 27.3 Å². The number of anilines is 1. The maximum atomic E-state index is 10.3. The van der Waals surface area contributed by atoms with Crippen LogP contribution in [-0.2, 0) is 4.79 Å². The van der Waals surface area contributed by atoms with E-state index in [1.54, 1.807) is 13.1 Å². The highest BCUT2D eigenvalue weighted by Crippen LogP contribution is 2.02. The van der Waals surface area contributed by atoms with Crippen molar-refractivity contribution in [3.8, 4) is 0 Å². The van der Waals surface area contributed by atoms with Crippen LogP contribution in [0.5, 0.6) is 0 Å². The highest BCUT2D eigenvalue weighted by molar-refractivity contribution is 5.76. The first kappa shape index (κ1) is 7.59. The molecule has 3 N–H and O–H groups in total. The summed E-state index contributed by atoms with van der Waals surface area (Å²) >= 11 is 0. The Hall–Kier alpha value is -1.52. The van der Waals surface area contributed by atoms with E-state index in [9.17, 15) is 4.79 Å². The van der Waals surface area contributed by atoms with E-state index in [4.69, 9.17) is 5.11 Å². The van der Waals surface area contributed by atoms with Crippen molar-refractivity contribution in [3.05, 3.63) is 12.4 Å². The van der Waals surface area contributed by atoms with Crippen molar-refractivity contribution in [3.63, 3.8) is 0 Å². The average Bonchev–Trinajstić information content (AvgIpc) is 2.39. The minimum atomic E-state index is -0.883. The van der Waals surface area contributed by atoms with Gasteiger partial charge in [-0.05, 0) is 6.92 Å². The molecule has 1 rings (SSSR count). The number of aliphatic carboxylic acids is 1. The second-order valence-electron chi connectivity index (χ2n) is 2.19. The van der Waals surface area contributed by atoms with E-state index in [1.165, 1.54) is 6.20 Å². The average molecular weight is 155 g/mol. The Morgan fingerprint density at radius 1 is 1.91 bits per heavy atom. The predicted molar refractivity (Wildman–Crippen MR) is 39.3 cm³/mol. The lowest BCUT2D eigenvalue weighted by molar-refractivity contribution is -0.137. The van der Waals surface area contributed by atoms with Crippen LogP contribution in [0.15, 0.2) is 12.4 Å². The third kappa shape index (κ3) is 1.96. The lowest BCUT2D eigenvalue weighted by Gasteiger charge is -2.06. The van der Waals surface area contributed by atoms with Gasteiger partial charge in [0.15, 0.2) is 0 Å². The molecule has 0 spiro atoms. The standard InChI is InChI=1S/C6H9N3O2/c1-4(6(10)11)9-5-2-7-8-3-5/h2-4,9H,1H3,(H,7,8)(H,10,11). The number of carbonyl (C=O) groups is 1. The van der Waals surface area contributed by atoms with Gasteiger partial charge in [-0.25, -0.2) is 0 Å². The number of hydrogen-bond acceptors (Lipinski definition) is 3. The molecular formula is C6H9N3O2. The second-order valence-corrected chi connectivity index (χ2v) is 2.19. The number of rotatable bonds is 3. The summed E-state index contributed by atoms with van der Waals surface area (Å²) in [6.07, 6.45) is 3.12. The molecule has 0 saturated heterocycles. The van der Waals surface area contributed by atoms with Crippen molar-refractivity contribution in [2.75, 3.05) is 5.32 Å². The van der Waals surface area contributed by atoms with Gasteiger partial charge in [0.25, 0.3) is 0 Å². The van der Waals surface area contributed by atoms with Crippen LogP contribution in [0.3, 0.4) is 0 Å². The lowest BCUT2D eigenvalue weighted by Crippen LogP contribution is -2.24. The van der Waals surface area contributed by atoms with Crippen molar-refractivity contribution in [2.24, 2.45) is 0 Å². The summed E-state index contributed by atoms with van der Waals surface area (Å²) < 4.78 is 0. The molecule has 1 atom stereocenters. The first-order chi connectivity index (χ1) is 5.20. The van der Waals surface area contributed by atoms with Crippen LogP contribution in [0, 0.1) is 0 Å². The zero-order valence-corrected chi connectivity index (χ0v) is 6.03. The maximum Gasteiger partial charge on any atom is 0.325 e. The molecule has 11 heavy (non-hydrogen) atoms. The van der Waals surface area contributed by atoms with Gasteiger partial charge < -0.3 is 10.4 Å². The van der Waals surface area contributed by atoms with Crippen molar-refractivity contribution < 1.29 is 9.90 Å². The number of aromatic amines is 1. The van der Waals surface area contributed by atoms with Gasteiger partial charge in [0.2, 0.25) is 0 Å². The van der Waals surface area contributed by atoms with E-state index in [0.29, 0.717) is 5.69 Å². The van der Waals surface area contributed by atoms with Gasteiger partial charge in [-0.3, -0.25) is 9.89 Å². The summed E-state index contributed by atoms with van der Waals surface area (Å²) in [5.41, 5.74) is 0.680. The van der Waals surface area contributed by atoms with Gasteiger partial charge in [0, 0.05) is 6.20 Å². The SMILES string of the molecule is CC(Nc1cn[nH]c1)C(=O)O. The van der Waals surface area contributed by atoms with Gasteiger partial charge in [0.1, 0.15) is 6.04 Å². The molecule has 60 valence electrons. The first-order valence-electron chi connectivity index (χ1n) is 3.18. The Kier molecular flexibility index (Phi) is 2.10. The van der Waals surface area contributed by atoms with E-state index in [0.717, 1.165) is 0 Å². The minimum Gasteiger partial charge on any atom is -0.480 e. The highest BCUT2D eigenvalue weighted by Gasteiger charge is 2.09. The molecule has 0 radical (unpaired) electrons. The van der Waals surface area contributed by atoms with Crippen LogP contribution in [0.2, 0.25) is 0 Å². The van der Waals surface area contributed by atoms with Crippen molar-refractivity contribution in [1.29, 1.82) is 0 Å². The maximum absolute atomic E-state index is 10.3. The zero-order chi connectivity index (χ0) is 8.27. The Labute approximate surface area is 63.4 Å². The molecule has 0 amide bonds. The van der Waals surface area contributed by atoms with Crippen molar-refractivity contribution >= 4 is 11.7 Å². The van der Waals surface area contributed by atoms with E-state index >= 15 is 0 Å². The van der Waals surface area contributed by atoms with Gasteiger partial charge in [0.05, 0.1) is 11.9 Å². The quantitative estimate of drug-likeness (QED) is 0.586. The van der Waals surface area contributed by atoms with Gasteiger partial charge >= 0.3 is 5.97 Å². The molecule has 5 nitrogen and oxygen atoms in total. The number of aromatic nitrogens is 2. The summed E-state index contributed by atoms with van der Waals surface area (Å²) in [5.74, 6) is -0.883. The molecule has 0 bridgehead atoms. The lowest BCUT2D eigenvalue weighted by atomic mass is 10.3. The Morgan fingerprint density at radius 2 is 2.64 bits per heavy atom. The van der Waals surface area contributed by atoms with Crippen LogP contribution in [0.4, 0.5) is 5.69 Å². The van der Waals surface area contributed by atoms with E-state index in [-0.39, 0.29) is 0 Å². The molecule has 0 aromatic carbocycles. The first-order valence-corrected chi connectivity index (χ1v) is 3.18. The number of hydrogen-bond donors (Lipinski definition) is 3. The topological polar surface area (TPSA) is 78.0 Å². The number of nitrogens with one attached hydrogen (secondary N) is 2. The smallest absolute Gasteiger partial charge is 0.325 e. The fraction of sp³-hybridized carbons (Fsp3) is 0.333. The molecule has 1 unspecified atom stereocenters. The van der Waals surface area contributed by atoms with Crippen LogP contribution in [0.25, 0.3) is 0 Å². The summed E-state index contributed by atoms with van der Waals surface area (Å²) in [6.45, 7) is 1.56. The molecule has 0 saturated carbocycles. The molecule has 0 aliphatic heterocycles. The Morgan fingerprint density at radius 3 is 3.09 bits per heavy atom. The number of carboxylic acids is 1. The molecular weight excluding hydrogens is 146 g/mol. The zero-order valence-electron chi connectivity index (χ0n) is 6.03. The summed E-state index contributed by atoms with van der Waals surface area (Å²) in [7, 11) is 0. The molecule has 1 aromatic heterocycles. The second kappa shape index (κ2) is 3.05. The number of H-pyrrole nitrogens is 1. The molecule has 0 aliphatic rings. The number of carboxylic acid groups (broad SMARTS) is 1. The molecule has 0 fully saturated rings. The molecule has 1 aromatic rings. The van der Waals surface area contributed by atoms with Gasteiger partial charge in [-0.15, -0.1) is 0 Å². The number of nitrogens with zero attached hydrogens (tertiary/aromatic N) is 1. The monoisotopic (exact) mass is 155 g/mol. The molecule has 5 heteroatoms. The predicted octanol–water partition coefficient (Wildman–Crippen LogP) is 0.295. The van der Waals surface area contributed by atoms with Crippen LogP contribution < -0.4 is 5.32 Å². The highest BCUT2D eigenvalue weighted by atomic mass is 16.4.